The lowest BCUT2D eigenvalue weighted by atomic mass is 10.2. The molecular weight excluding hydrogens is 260 g/mol. The zero-order valence-corrected chi connectivity index (χ0v) is 11.2. The van der Waals surface area contributed by atoms with Crippen molar-refractivity contribution in [3.05, 3.63) is 35.8 Å². The minimum atomic E-state index is 0.678. The zero-order chi connectivity index (χ0) is 12.9. The van der Waals surface area contributed by atoms with Gasteiger partial charge in [0, 0.05) is 30.4 Å². The first kappa shape index (κ1) is 12.3. The molecule has 1 saturated heterocycles. The molecule has 1 aliphatic rings. The topological polar surface area (TPSA) is 50.1 Å². The van der Waals surface area contributed by atoms with Crippen molar-refractivity contribution < 1.29 is 4.74 Å². The van der Waals surface area contributed by atoms with Gasteiger partial charge in [-0.2, -0.15) is 0 Å². The molecule has 98 valence electrons. The smallest absolute Gasteiger partial charge is 0.229 e. The molecule has 0 atom stereocenters. The Morgan fingerprint density at radius 2 is 1.89 bits per heavy atom. The van der Waals surface area contributed by atoms with Crippen LogP contribution in [0.15, 0.2) is 46.1 Å². The Morgan fingerprint density at radius 1 is 1.11 bits per heavy atom. The monoisotopic (exact) mass is 274 g/mol. The number of rotatable bonds is 3. The number of azo groups is 1. The van der Waals surface area contributed by atoms with Gasteiger partial charge in [-0.05, 0) is 24.3 Å². The molecule has 0 aliphatic carbocycles. The maximum atomic E-state index is 5.34. The van der Waals surface area contributed by atoms with Gasteiger partial charge in [-0.25, -0.2) is 4.98 Å². The summed E-state index contributed by atoms with van der Waals surface area (Å²) in [5.74, 6) is 0. The molecule has 0 spiro atoms. The number of nitrogens with zero attached hydrogens (tertiary/aromatic N) is 4. The van der Waals surface area contributed by atoms with Gasteiger partial charge in [0.2, 0.25) is 5.13 Å². The first-order valence-electron chi connectivity index (χ1n) is 6.16. The van der Waals surface area contributed by atoms with Crippen molar-refractivity contribution in [3.63, 3.8) is 0 Å². The molecule has 0 amide bonds. The molecule has 1 aliphatic heterocycles. The van der Waals surface area contributed by atoms with E-state index in [-0.39, 0.29) is 0 Å². The molecule has 5 nitrogen and oxygen atoms in total. The van der Waals surface area contributed by atoms with Crippen LogP contribution in [-0.2, 0) is 4.74 Å². The van der Waals surface area contributed by atoms with Gasteiger partial charge in [0.25, 0.3) is 0 Å². The number of thiazole rings is 1. The van der Waals surface area contributed by atoms with E-state index in [9.17, 15) is 0 Å². The third-order valence-electron chi connectivity index (χ3n) is 2.90. The zero-order valence-electron chi connectivity index (χ0n) is 10.4. The van der Waals surface area contributed by atoms with Crippen LogP contribution in [0.1, 0.15) is 0 Å². The van der Waals surface area contributed by atoms with Gasteiger partial charge in [-0.3, -0.25) is 0 Å². The minimum absolute atomic E-state index is 0.678. The van der Waals surface area contributed by atoms with E-state index in [1.165, 1.54) is 17.0 Å². The highest BCUT2D eigenvalue weighted by Crippen LogP contribution is 2.23. The second-order valence-electron chi connectivity index (χ2n) is 4.13. The normalized spacial score (nSPS) is 16.1. The fourth-order valence-corrected chi connectivity index (χ4v) is 2.37. The van der Waals surface area contributed by atoms with Crippen LogP contribution in [0.5, 0.6) is 0 Å². The van der Waals surface area contributed by atoms with Gasteiger partial charge < -0.3 is 9.64 Å². The van der Waals surface area contributed by atoms with E-state index in [0.717, 1.165) is 32.0 Å². The maximum Gasteiger partial charge on any atom is 0.229 e. The number of hydrogen-bond donors (Lipinski definition) is 0. The highest BCUT2D eigenvalue weighted by molar-refractivity contribution is 7.13. The van der Waals surface area contributed by atoms with Gasteiger partial charge in [0.05, 0.1) is 18.9 Å². The molecule has 6 heteroatoms. The Kier molecular flexibility index (Phi) is 3.81. The average Bonchev–Trinajstić information content (AvgIpc) is 3.00. The third-order valence-corrected chi connectivity index (χ3v) is 3.55. The van der Waals surface area contributed by atoms with E-state index in [4.69, 9.17) is 4.74 Å². The highest BCUT2D eigenvalue weighted by atomic mass is 32.1. The van der Waals surface area contributed by atoms with Crippen molar-refractivity contribution in [2.45, 2.75) is 0 Å². The van der Waals surface area contributed by atoms with Crippen LogP contribution in [0.25, 0.3) is 0 Å². The Morgan fingerprint density at radius 3 is 2.58 bits per heavy atom. The Labute approximate surface area is 115 Å². The van der Waals surface area contributed by atoms with Crippen LogP contribution in [0.3, 0.4) is 0 Å². The number of ether oxygens (including phenoxy) is 1. The van der Waals surface area contributed by atoms with Crippen LogP contribution < -0.4 is 4.90 Å². The Balaban J connectivity index is 1.68. The van der Waals surface area contributed by atoms with Gasteiger partial charge in [0.15, 0.2) is 0 Å². The van der Waals surface area contributed by atoms with Crippen LogP contribution in [0, 0.1) is 0 Å². The van der Waals surface area contributed by atoms with E-state index >= 15 is 0 Å². The molecule has 0 saturated carbocycles. The van der Waals surface area contributed by atoms with E-state index in [0.29, 0.717) is 5.13 Å². The van der Waals surface area contributed by atoms with Crippen molar-refractivity contribution in [3.8, 4) is 0 Å². The standard InChI is InChI=1S/C13H14N4OS/c1-3-12(17-6-8-18-9-7-17)4-2-11(1)15-16-13-14-5-10-19-13/h1-5,10H,6-9H2. The first-order chi connectivity index (χ1) is 9.42. The van der Waals surface area contributed by atoms with E-state index in [2.05, 4.69) is 32.2 Å². The maximum absolute atomic E-state index is 5.34. The summed E-state index contributed by atoms with van der Waals surface area (Å²) in [5, 5.41) is 10.8. The van der Waals surface area contributed by atoms with Crippen LogP contribution >= 0.6 is 11.3 Å². The molecule has 1 aromatic heterocycles. The van der Waals surface area contributed by atoms with Gasteiger partial charge >= 0.3 is 0 Å². The Hall–Kier alpha value is -1.79. The SMILES string of the molecule is c1csc(N=Nc2ccc(N3CCOCC3)cc2)n1. The molecule has 0 N–H and O–H groups in total. The summed E-state index contributed by atoms with van der Waals surface area (Å²) in [6, 6.07) is 8.09. The quantitative estimate of drug-likeness (QED) is 0.806. The van der Waals surface area contributed by atoms with Crippen molar-refractivity contribution in [1.82, 2.24) is 4.98 Å². The van der Waals surface area contributed by atoms with E-state index < -0.39 is 0 Å². The van der Waals surface area contributed by atoms with E-state index in [1.54, 1.807) is 6.20 Å². The summed E-state index contributed by atoms with van der Waals surface area (Å²) in [7, 11) is 0. The lowest BCUT2D eigenvalue weighted by Crippen LogP contribution is -2.36. The molecular formula is C13H14N4OS. The lowest BCUT2D eigenvalue weighted by molar-refractivity contribution is 0.122. The summed E-state index contributed by atoms with van der Waals surface area (Å²) in [5.41, 5.74) is 2.05. The molecule has 1 fully saturated rings. The molecule has 0 unspecified atom stereocenters. The summed E-state index contributed by atoms with van der Waals surface area (Å²) >= 11 is 1.47. The fraction of sp³-hybridized carbons (Fsp3) is 0.308. The number of hydrogen-bond acceptors (Lipinski definition) is 6. The fourth-order valence-electron chi connectivity index (χ4n) is 1.92. The molecule has 3 rings (SSSR count). The number of benzene rings is 1. The number of aromatic nitrogens is 1. The molecule has 0 radical (unpaired) electrons. The molecule has 19 heavy (non-hydrogen) atoms. The summed E-state index contributed by atoms with van der Waals surface area (Å²) in [6.07, 6.45) is 1.72. The second kappa shape index (κ2) is 5.90. The summed E-state index contributed by atoms with van der Waals surface area (Å²) < 4.78 is 5.34. The highest BCUT2D eigenvalue weighted by Gasteiger charge is 2.10. The van der Waals surface area contributed by atoms with Crippen molar-refractivity contribution in [2.24, 2.45) is 10.2 Å². The molecule has 2 heterocycles. The third kappa shape index (κ3) is 3.15. The Bertz CT molecular complexity index is 532. The van der Waals surface area contributed by atoms with Crippen molar-refractivity contribution in [1.29, 1.82) is 0 Å². The van der Waals surface area contributed by atoms with Crippen molar-refractivity contribution in [2.75, 3.05) is 31.2 Å². The minimum Gasteiger partial charge on any atom is -0.378 e. The first-order valence-corrected chi connectivity index (χ1v) is 7.04. The second-order valence-corrected chi connectivity index (χ2v) is 5.00. The summed E-state index contributed by atoms with van der Waals surface area (Å²) in [4.78, 5) is 6.37. The number of anilines is 1. The van der Waals surface area contributed by atoms with E-state index in [1.807, 2.05) is 17.5 Å². The van der Waals surface area contributed by atoms with Crippen LogP contribution in [0.2, 0.25) is 0 Å². The number of morpholine rings is 1. The lowest BCUT2D eigenvalue weighted by Gasteiger charge is -2.28. The predicted molar refractivity (Wildman–Crippen MR) is 75.8 cm³/mol. The largest absolute Gasteiger partial charge is 0.378 e. The summed E-state index contributed by atoms with van der Waals surface area (Å²) in [6.45, 7) is 3.48. The predicted octanol–water partition coefficient (Wildman–Crippen LogP) is 3.40. The van der Waals surface area contributed by atoms with Crippen molar-refractivity contribution >= 4 is 27.8 Å². The van der Waals surface area contributed by atoms with Gasteiger partial charge in [-0.1, -0.05) is 0 Å². The molecule has 2 aromatic rings. The van der Waals surface area contributed by atoms with Gasteiger partial charge in [-0.15, -0.1) is 21.6 Å². The van der Waals surface area contributed by atoms with Crippen LogP contribution in [0.4, 0.5) is 16.5 Å². The van der Waals surface area contributed by atoms with Gasteiger partial charge in [0.1, 0.15) is 0 Å². The molecule has 0 bridgehead atoms. The average molecular weight is 274 g/mol. The molecule has 1 aromatic carbocycles. The van der Waals surface area contributed by atoms with Crippen LogP contribution in [-0.4, -0.2) is 31.3 Å².